The summed E-state index contributed by atoms with van der Waals surface area (Å²) >= 11 is 0. The molecule has 1 saturated heterocycles. The monoisotopic (exact) mass is 281 g/mol. The predicted octanol–water partition coefficient (Wildman–Crippen LogP) is 0.0194. The second-order valence-corrected chi connectivity index (χ2v) is 5.38. The van der Waals surface area contributed by atoms with Gasteiger partial charge < -0.3 is 16.0 Å². The molecule has 0 spiro atoms. The highest BCUT2D eigenvalue weighted by molar-refractivity contribution is 5.84. The van der Waals surface area contributed by atoms with E-state index >= 15 is 0 Å². The van der Waals surface area contributed by atoms with E-state index in [1.807, 2.05) is 13.8 Å². The van der Waals surface area contributed by atoms with Crippen LogP contribution in [-0.2, 0) is 4.79 Å². The summed E-state index contributed by atoms with van der Waals surface area (Å²) in [6.07, 6.45) is 1.78. The van der Waals surface area contributed by atoms with Crippen molar-refractivity contribution in [3.63, 3.8) is 0 Å². The van der Waals surface area contributed by atoms with Crippen molar-refractivity contribution in [3.8, 4) is 0 Å². The normalized spacial score (nSPS) is 17.9. The van der Waals surface area contributed by atoms with E-state index in [0.717, 1.165) is 38.7 Å². The fourth-order valence-electron chi connectivity index (χ4n) is 2.21. The first-order chi connectivity index (χ1) is 9.43. The second-order valence-electron chi connectivity index (χ2n) is 5.38. The molecule has 0 unspecified atom stereocenters. The van der Waals surface area contributed by atoms with Crippen molar-refractivity contribution >= 4 is 11.9 Å². The summed E-state index contributed by atoms with van der Waals surface area (Å²) in [6.45, 7) is 14.2. The molecule has 1 heterocycles. The standard InChI is InChI=1S/C14H27N5O/c1-5-7-17-13(16-6-2)18-8-10-19(11-9-18)14(3,4)12(15)20/h5H,1,6-11H2,2-4H3,(H2,15,20)(H,16,17). The van der Waals surface area contributed by atoms with Crippen LogP contribution >= 0.6 is 0 Å². The quantitative estimate of drug-likeness (QED) is 0.423. The van der Waals surface area contributed by atoms with Gasteiger partial charge in [-0.25, -0.2) is 4.99 Å². The third kappa shape index (κ3) is 3.96. The van der Waals surface area contributed by atoms with Gasteiger partial charge in [-0.2, -0.15) is 0 Å². The molecule has 1 amide bonds. The number of guanidine groups is 1. The first-order valence-electron chi connectivity index (χ1n) is 7.12. The van der Waals surface area contributed by atoms with Crippen molar-refractivity contribution in [2.24, 2.45) is 10.7 Å². The van der Waals surface area contributed by atoms with E-state index in [1.54, 1.807) is 6.08 Å². The Kier molecular flexibility index (Phi) is 6.01. The Morgan fingerprint density at radius 3 is 2.45 bits per heavy atom. The van der Waals surface area contributed by atoms with Crippen LogP contribution in [-0.4, -0.2) is 66.5 Å². The maximum Gasteiger partial charge on any atom is 0.237 e. The Hall–Kier alpha value is -1.56. The number of nitrogens with one attached hydrogen (secondary N) is 1. The number of hydrogen-bond acceptors (Lipinski definition) is 3. The summed E-state index contributed by atoms with van der Waals surface area (Å²) in [5.74, 6) is 0.627. The van der Waals surface area contributed by atoms with Crippen LogP contribution < -0.4 is 11.1 Å². The molecule has 6 heteroatoms. The fourth-order valence-corrected chi connectivity index (χ4v) is 2.21. The van der Waals surface area contributed by atoms with Crippen LogP contribution in [0.5, 0.6) is 0 Å². The Bertz CT molecular complexity index is 370. The maximum atomic E-state index is 11.5. The van der Waals surface area contributed by atoms with Crippen LogP contribution in [0.25, 0.3) is 0 Å². The minimum Gasteiger partial charge on any atom is -0.368 e. The second kappa shape index (κ2) is 7.28. The Balaban J connectivity index is 2.64. The lowest BCUT2D eigenvalue weighted by Crippen LogP contribution is -2.61. The van der Waals surface area contributed by atoms with Gasteiger partial charge in [0.2, 0.25) is 5.91 Å². The number of nitrogens with zero attached hydrogens (tertiary/aromatic N) is 3. The lowest BCUT2D eigenvalue weighted by Gasteiger charge is -2.43. The van der Waals surface area contributed by atoms with Crippen LogP contribution in [0.15, 0.2) is 17.6 Å². The first-order valence-corrected chi connectivity index (χ1v) is 7.12. The molecular formula is C14H27N5O. The van der Waals surface area contributed by atoms with Gasteiger partial charge in [-0.05, 0) is 20.8 Å². The van der Waals surface area contributed by atoms with Crippen molar-refractivity contribution < 1.29 is 4.79 Å². The zero-order valence-electron chi connectivity index (χ0n) is 12.9. The van der Waals surface area contributed by atoms with Gasteiger partial charge in [-0.15, -0.1) is 6.58 Å². The number of amides is 1. The Labute approximate surface area is 121 Å². The zero-order valence-corrected chi connectivity index (χ0v) is 12.9. The zero-order chi connectivity index (χ0) is 15.2. The van der Waals surface area contributed by atoms with Crippen LogP contribution in [0.3, 0.4) is 0 Å². The van der Waals surface area contributed by atoms with E-state index in [1.165, 1.54) is 0 Å². The largest absolute Gasteiger partial charge is 0.368 e. The number of primary amides is 1. The molecule has 0 radical (unpaired) electrons. The average Bonchev–Trinajstić information content (AvgIpc) is 2.43. The van der Waals surface area contributed by atoms with Crippen LogP contribution in [0, 0.1) is 0 Å². The molecule has 3 N–H and O–H groups in total. The van der Waals surface area contributed by atoms with Gasteiger partial charge in [-0.3, -0.25) is 9.69 Å². The molecule has 114 valence electrons. The summed E-state index contributed by atoms with van der Waals surface area (Å²) in [6, 6.07) is 0. The van der Waals surface area contributed by atoms with Gasteiger partial charge in [0.05, 0.1) is 12.1 Å². The summed E-state index contributed by atoms with van der Waals surface area (Å²) < 4.78 is 0. The van der Waals surface area contributed by atoms with E-state index in [4.69, 9.17) is 5.73 Å². The smallest absolute Gasteiger partial charge is 0.237 e. The van der Waals surface area contributed by atoms with Gasteiger partial charge in [0.15, 0.2) is 5.96 Å². The van der Waals surface area contributed by atoms with E-state index in [0.29, 0.717) is 6.54 Å². The predicted molar refractivity (Wildman–Crippen MR) is 82.6 cm³/mol. The summed E-state index contributed by atoms with van der Waals surface area (Å²) in [7, 11) is 0. The lowest BCUT2D eigenvalue weighted by molar-refractivity contribution is -0.129. The molecular weight excluding hydrogens is 254 g/mol. The molecule has 0 aromatic rings. The number of nitrogens with two attached hydrogens (primary N) is 1. The van der Waals surface area contributed by atoms with Crippen molar-refractivity contribution in [3.05, 3.63) is 12.7 Å². The van der Waals surface area contributed by atoms with E-state index in [9.17, 15) is 4.79 Å². The number of piperazine rings is 1. The summed E-state index contributed by atoms with van der Waals surface area (Å²) in [4.78, 5) is 20.3. The first kappa shape index (κ1) is 16.5. The van der Waals surface area contributed by atoms with Crippen LogP contribution in [0.2, 0.25) is 0 Å². The van der Waals surface area contributed by atoms with Gasteiger partial charge in [0.25, 0.3) is 0 Å². The lowest BCUT2D eigenvalue weighted by atomic mass is 10.0. The molecule has 1 rings (SSSR count). The molecule has 0 aromatic heterocycles. The number of carbonyl (C=O) groups excluding carboxylic acids is 1. The van der Waals surface area contributed by atoms with E-state index in [-0.39, 0.29) is 5.91 Å². The van der Waals surface area contributed by atoms with Crippen LogP contribution in [0.1, 0.15) is 20.8 Å². The number of aliphatic imine (C=N–C) groups is 1. The van der Waals surface area contributed by atoms with E-state index < -0.39 is 5.54 Å². The molecule has 0 atom stereocenters. The molecule has 0 aromatic carbocycles. The average molecular weight is 281 g/mol. The number of hydrogen-bond donors (Lipinski definition) is 2. The number of carbonyl (C=O) groups is 1. The number of rotatable bonds is 5. The Morgan fingerprint density at radius 2 is 2.00 bits per heavy atom. The highest BCUT2D eigenvalue weighted by Gasteiger charge is 2.35. The van der Waals surface area contributed by atoms with Gasteiger partial charge >= 0.3 is 0 Å². The molecule has 0 aliphatic carbocycles. The maximum absolute atomic E-state index is 11.5. The SMILES string of the molecule is C=CCN=C(NCC)N1CCN(C(C)(C)C(N)=O)CC1. The van der Waals surface area contributed by atoms with Crippen LogP contribution in [0.4, 0.5) is 0 Å². The minimum atomic E-state index is -0.595. The van der Waals surface area contributed by atoms with Crippen molar-refractivity contribution in [2.75, 3.05) is 39.3 Å². The summed E-state index contributed by atoms with van der Waals surface area (Å²) in [5.41, 5.74) is 4.87. The van der Waals surface area contributed by atoms with Crippen molar-refractivity contribution in [2.45, 2.75) is 26.3 Å². The molecule has 1 aliphatic heterocycles. The summed E-state index contributed by atoms with van der Waals surface area (Å²) in [5, 5.41) is 3.28. The molecule has 20 heavy (non-hydrogen) atoms. The molecule has 1 aliphatic rings. The highest BCUT2D eigenvalue weighted by Crippen LogP contribution is 2.16. The molecule has 1 fully saturated rings. The molecule has 6 nitrogen and oxygen atoms in total. The third-order valence-corrected chi connectivity index (χ3v) is 3.68. The van der Waals surface area contributed by atoms with Gasteiger partial charge in [-0.1, -0.05) is 6.08 Å². The van der Waals surface area contributed by atoms with Crippen molar-refractivity contribution in [1.29, 1.82) is 0 Å². The topological polar surface area (TPSA) is 74.0 Å². The van der Waals surface area contributed by atoms with Gasteiger partial charge in [0, 0.05) is 32.7 Å². The molecule has 0 bridgehead atoms. The van der Waals surface area contributed by atoms with Crippen molar-refractivity contribution in [1.82, 2.24) is 15.1 Å². The van der Waals surface area contributed by atoms with E-state index in [2.05, 4.69) is 33.6 Å². The minimum absolute atomic E-state index is 0.279. The molecule has 0 saturated carbocycles. The highest BCUT2D eigenvalue weighted by atomic mass is 16.1. The third-order valence-electron chi connectivity index (χ3n) is 3.68. The van der Waals surface area contributed by atoms with Gasteiger partial charge in [0.1, 0.15) is 0 Å². The fraction of sp³-hybridized carbons (Fsp3) is 0.714. The Morgan fingerprint density at radius 1 is 1.40 bits per heavy atom.